The van der Waals surface area contributed by atoms with Gasteiger partial charge in [-0.1, -0.05) is 52.3 Å². The fourth-order valence-corrected chi connectivity index (χ4v) is 3.02. The third kappa shape index (κ3) is 2.53. The van der Waals surface area contributed by atoms with E-state index in [4.69, 9.17) is 0 Å². The van der Waals surface area contributed by atoms with Gasteiger partial charge in [-0.05, 0) is 24.1 Å². The van der Waals surface area contributed by atoms with E-state index in [1.54, 1.807) is 0 Å². The summed E-state index contributed by atoms with van der Waals surface area (Å²) in [7, 11) is 0. The first kappa shape index (κ1) is 12.7. The molecule has 1 aliphatic heterocycles. The number of aliphatic hydroxyl groups excluding tert-OH is 1. The Labute approximate surface area is 121 Å². The third-order valence-corrected chi connectivity index (χ3v) is 4.40. The molecule has 1 heterocycles. The minimum Gasteiger partial charge on any atom is -0.388 e. The van der Waals surface area contributed by atoms with Gasteiger partial charge in [0, 0.05) is 28.8 Å². The lowest BCUT2D eigenvalue weighted by molar-refractivity contribution is 0.164. The van der Waals surface area contributed by atoms with Crippen LogP contribution in [0.4, 0.5) is 5.69 Å². The fourth-order valence-electron chi connectivity index (χ4n) is 2.61. The maximum atomic E-state index is 10.1. The van der Waals surface area contributed by atoms with Crippen molar-refractivity contribution < 1.29 is 5.11 Å². The van der Waals surface area contributed by atoms with Gasteiger partial charge >= 0.3 is 0 Å². The Balaban J connectivity index is 1.91. The number of fused-ring (bicyclic) bond motifs is 1. The molecule has 1 unspecified atom stereocenters. The molecular weight excluding hydrogens is 302 g/mol. The lowest BCUT2D eigenvalue weighted by atomic mass is 9.98. The molecule has 0 amide bonds. The number of hydrogen-bond donors (Lipinski definition) is 1. The van der Waals surface area contributed by atoms with Gasteiger partial charge in [-0.3, -0.25) is 0 Å². The highest BCUT2D eigenvalue weighted by Crippen LogP contribution is 2.34. The first-order valence-corrected chi connectivity index (χ1v) is 7.30. The van der Waals surface area contributed by atoms with Crippen molar-refractivity contribution in [2.45, 2.75) is 19.1 Å². The second kappa shape index (κ2) is 5.35. The fraction of sp³-hybridized carbons (Fsp3) is 0.250. The van der Waals surface area contributed by atoms with Crippen LogP contribution in [0.25, 0.3) is 0 Å². The molecule has 3 rings (SSSR count). The molecule has 0 aliphatic carbocycles. The van der Waals surface area contributed by atoms with Crippen LogP contribution in [0.5, 0.6) is 0 Å². The van der Waals surface area contributed by atoms with Crippen LogP contribution in [0.3, 0.4) is 0 Å². The summed E-state index contributed by atoms with van der Waals surface area (Å²) in [6.07, 6.45) is 0.466. The lowest BCUT2D eigenvalue weighted by Gasteiger charge is -2.34. The van der Waals surface area contributed by atoms with Crippen LogP contribution in [0, 0.1) is 0 Å². The zero-order chi connectivity index (χ0) is 13.2. The van der Waals surface area contributed by atoms with E-state index in [9.17, 15) is 5.11 Å². The average molecular weight is 318 g/mol. The van der Waals surface area contributed by atoms with E-state index >= 15 is 0 Å². The predicted octanol–water partition coefficient (Wildman–Crippen LogP) is 3.89. The normalized spacial score (nSPS) is 18.2. The van der Waals surface area contributed by atoms with Gasteiger partial charge < -0.3 is 10.0 Å². The van der Waals surface area contributed by atoms with Gasteiger partial charge in [-0.25, -0.2) is 0 Å². The number of rotatable bonds is 2. The van der Waals surface area contributed by atoms with Crippen molar-refractivity contribution in [3.63, 3.8) is 0 Å². The first-order valence-electron chi connectivity index (χ1n) is 6.51. The van der Waals surface area contributed by atoms with E-state index in [2.05, 4.69) is 45.1 Å². The number of para-hydroxylation sites is 1. The smallest absolute Gasteiger partial charge is 0.0826 e. The molecule has 98 valence electrons. The Hall–Kier alpha value is -1.32. The Bertz CT molecular complexity index is 584. The molecule has 0 bridgehead atoms. The van der Waals surface area contributed by atoms with E-state index < -0.39 is 0 Å². The Morgan fingerprint density at radius 1 is 1.11 bits per heavy atom. The molecular formula is C16H16BrNO. The topological polar surface area (TPSA) is 23.5 Å². The Kier molecular flexibility index (Phi) is 3.58. The van der Waals surface area contributed by atoms with E-state index in [0.717, 1.165) is 35.2 Å². The molecule has 19 heavy (non-hydrogen) atoms. The SMILES string of the molecule is OC1CCN(Cc2ccccc2Br)c2ccccc21. The molecule has 1 aliphatic rings. The zero-order valence-electron chi connectivity index (χ0n) is 10.6. The van der Waals surface area contributed by atoms with Crippen molar-refractivity contribution in [1.29, 1.82) is 0 Å². The molecule has 0 aromatic heterocycles. The van der Waals surface area contributed by atoms with Gasteiger partial charge in [0.25, 0.3) is 0 Å². The van der Waals surface area contributed by atoms with Crippen LogP contribution < -0.4 is 4.90 Å². The van der Waals surface area contributed by atoms with E-state index in [0.29, 0.717) is 0 Å². The highest BCUT2D eigenvalue weighted by molar-refractivity contribution is 9.10. The number of benzene rings is 2. The monoisotopic (exact) mass is 317 g/mol. The van der Waals surface area contributed by atoms with E-state index in [-0.39, 0.29) is 6.10 Å². The van der Waals surface area contributed by atoms with Crippen LogP contribution in [-0.4, -0.2) is 11.7 Å². The number of hydrogen-bond acceptors (Lipinski definition) is 2. The third-order valence-electron chi connectivity index (χ3n) is 3.63. The molecule has 0 saturated carbocycles. The summed E-state index contributed by atoms with van der Waals surface area (Å²) in [5.41, 5.74) is 3.46. The maximum absolute atomic E-state index is 10.1. The maximum Gasteiger partial charge on any atom is 0.0826 e. The number of aliphatic hydroxyl groups is 1. The van der Waals surface area contributed by atoms with Crippen molar-refractivity contribution in [1.82, 2.24) is 0 Å². The molecule has 0 fully saturated rings. The largest absolute Gasteiger partial charge is 0.388 e. The van der Waals surface area contributed by atoms with Crippen LogP contribution in [0.2, 0.25) is 0 Å². The molecule has 0 saturated heterocycles. The summed E-state index contributed by atoms with van der Waals surface area (Å²) >= 11 is 3.60. The van der Waals surface area contributed by atoms with Crippen LogP contribution in [-0.2, 0) is 6.54 Å². The number of nitrogens with zero attached hydrogens (tertiary/aromatic N) is 1. The second-order valence-corrected chi connectivity index (χ2v) is 5.73. The zero-order valence-corrected chi connectivity index (χ0v) is 12.2. The van der Waals surface area contributed by atoms with Crippen molar-refractivity contribution in [3.05, 3.63) is 64.1 Å². The summed E-state index contributed by atoms with van der Waals surface area (Å²) < 4.78 is 1.14. The molecule has 1 N–H and O–H groups in total. The van der Waals surface area contributed by atoms with Gasteiger partial charge in [-0.15, -0.1) is 0 Å². The minimum absolute atomic E-state index is 0.327. The van der Waals surface area contributed by atoms with Gasteiger partial charge in [-0.2, -0.15) is 0 Å². The van der Waals surface area contributed by atoms with Crippen LogP contribution >= 0.6 is 15.9 Å². The predicted molar refractivity (Wildman–Crippen MR) is 81.2 cm³/mol. The highest BCUT2D eigenvalue weighted by Gasteiger charge is 2.23. The second-order valence-electron chi connectivity index (χ2n) is 4.88. The summed E-state index contributed by atoms with van der Waals surface area (Å²) in [5, 5.41) is 10.1. The molecule has 3 heteroatoms. The minimum atomic E-state index is -0.327. The van der Waals surface area contributed by atoms with Gasteiger partial charge in [0.05, 0.1) is 6.10 Å². The van der Waals surface area contributed by atoms with Crippen LogP contribution in [0.1, 0.15) is 23.7 Å². The molecule has 0 radical (unpaired) electrons. The molecule has 2 aromatic rings. The standard InChI is InChI=1S/C16H16BrNO/c17-14-7-3-1-5-12(14)11-18-10-9-16(19)13-6-2-4-8-15(13)18/h1-8,16,19H,9-11H2. The van der Waals surface area contributed by atoms with Gasteiger partial charge in [0.15, 0.2) is 0 Å². The van der Waals surface area contributed by atoms with Gasteiger partial charge in [0.1, 0.15) is 0 Å². The van der Waals surface area contributed by atoms with Crippen molar-refractivity contribution in [2.75, 3.05) is 11.4 Å². The average Bonchev–Trinajstić information content (AvgIpc) is 2.44. The number of anilines is 1. The summed E-state index contributed by atoms with van der Waals surface area (Å²) in [4.78, 5) is 2.34. The first-order chi connectivity index (χ1) is 9.25. The summed E-state index contributed by atoms with van der Waals surface area (Å²) in [6, 6.07) is 16.4. The van der Waals surface area contributed by atoms with Crippen molar-refractivity contribution in [2.24, 2.45) is 0 Å². The summed E-state index contributed by atoms with van der Waals surface area (Å²) in [6.45, 7) is 1.75. The van der Waals surface area contributed by atoms with E-state index in [1.165, 1.54) is 5.56 Å². The molecule has 2 aromatic carbocycles. The Morgan fingerprint density at radius 3 is 2.68 bits per heavy atom. The number of halogens is 1. The van der Waals surface area contributed by atoms with Crippen molar-refractivity contribution in [3.8, 4) is 0 Å². The van der Waals surface area contributed by atoms with E-state index in [1.807, 2.05) is 24.3 Å². The lowest BCUT2D eigenvalue weighted by Crippen LogP contribution is -2.30. The summed E-state index contributed by atoms with van der Waals surface area (Å²) in [5.74, 6) is 0. The van der Waals surface area contributed by atoms with Crippen LogP contribution in [0.15, 0.2) is 53.0 Å². The Morgan fingerprint density at radius 2 is 1.84 bits per heavy atom. The quantitative estimate of drug-likeness (QED) is 0.908. The highest BCUT2D eigenvalue weighted by atomic mass is 79.9. The molecule has 0 spiro atoms. The molecule has 2 nitrogen and oxygen atoms in total. The molecule has 1 atom stereocenters. The van der Waals surface area contributed by atoms with Gasteiger partial charge in [0.2, 0.25) is 0 Å². The van der Waals surface area contributed by atoms with Crippen molar-refractivity contribution >= 4 is 21.6 Å².